The van der Waals surface area contributed by atoms with Crippen molar-refractivity contribution in [2.75, 3.05) is 12.4 Å². The molecule has 0 saturated carbocycles. The minimum absolute atomic E-state index is 0.102. The molecule has 0 aliphatic rings. The van der Waals surface area contributed by atoms with Crippen molar-refractivity contribution in [1.29, 1.82) is 0 Å². The molecule has 0 bridgehead atoms. The highest BCUT2D eigenvalue weighted by Gasteiger charge is 2.09. The Kier molecular flexibility index (Phi) is 4.66. The summed E-state index contributed by atoms with van der Waals surface area (Å²) in [4.78, 5) is 22.3. The summed E-state index contributed by atoms with van der Waals surface area (Å²) < 4.78 is 0. The number of rotatable bonds is 5. The molecule has 1 rings (SSSR count). The third-order valence-electron chi connectivity index (χ3n) is 2.43. The fraction of sp³-hybridized carbons (Fsp3) is 0.333. The first-order valence-corrected chi connectivity index (χ1v) is 5.38. The Morgan fingerprint density at radius 3 is 2.35 bits per heavy atom. The lowest BCUT2D eigenvalue weighted by Gasteiger charge is -2.11. The number of benzene rings is 1. The number of primary amides is 1. The summed E-state index contributed by atoms with van der Waals surface area (Å²) in [6.07, 6.45) is 0.209. The van der Waals surface area contributed by atoms with Crippen LogP contribution in [0.3, 0.4) is 0 Å². The van der Waals surface area contributed by atoms with Crippen LogP contribution in [-0.4, -0.2) is 24.9 Å². The van der Waals surface area contributed by atoms with Crippen LogP contribution in [0.5, 0.6) is 0 Å². The minimum atomic E-state index is -0.370. The second-order valence-electron chi connectivity index (χ2n) is 3.84. The predicted octanol–water partition coefficient (Wildman–Crippen LogP) is 0.261. The summed E-state index contributed by atoms with van der Waals surface area (Å²) in [7, 11) is 1.72. The topological polar surface area (TPSA) is 84.2 Å². The van der Waals surface area contributed by atoms with Crippen molar-refractivity contribution in [2.24, 2.45) is 5.73 Å². The molecule has 92 valence electrons. The number of hydrogen-bond donors (Lipinski definition) is 3. The van der Waals surface area contributed by atoms with Gasteiger partial charge in [-0.3, -0.25) is 9.59 Å². The van der Waals surface area contributed by atoms with E-state index in [9.17, 15) is 9.59 Å². The van der Waals surface area contributed by atoms with E-state index in [1.54, 1.807) is 38.2 Å². The number of anilines is 1. The number of carbonyl (C=O) groups is 2. The van der Waals surface area contributed by atoms with Crippen molar-refractivity contribution < 1.29 is 9.59 Å². The van der Waals surface area contributed by atoms with Gasteiger partial charge < -0.3 is 16.4 Å². The minimum Gasteiger partial charge on any atom is -0.369 e. The highest BCUT2D eigenvalue weighted by Crippen LogP contribution is 2.10. The van der Waals surface area contributed by atoms with Crippen molar-refractivity contribution >= 4 is 17.5 Å². The molecular weight excluding hydrogens is 218 g/mol. The molecule has 0 aromatic heterocycles. The first kappa shape index (κ1) is 13.2. The third kappa shape index (κ3) is 4.24. The Morgan fingerprint density at radius 2 is 1.88 bits per heavy atom. The normalized spacial score (nSPS) is 11.9. The van der Waals surface area contributed by atoms with Crippen molar-refractivity contribution in [3.63, 3.8) is 0 Å². The van der Waals surface area contributed by atoms with Gasteiger partial charge in [-0.2, -0.15) is 0 Å². The van der Waals surface area contributed by atoms with E-state index in [0.29, 0.717) is 5.69 Å². The van der Waals surface area contributed by atoms with E-state index in [0.717, 1.165) is 5.56 Å². The lowest BCUT2D eigenvalue weighted by molar-refractivity contribution is -0.118. The molecule has 5 heteroatoms. The Morgan fingerprint density at radius 1 is 1.29 bits per heavy atom. The number of likely N-dealkylation sites (N-methyl/N-ethyl adjacent to an activating group) is 1. The Balaban J connectivity index is 2.62. The van der Waals surface area contributed by atoms with Crippen LogP contribution in [0.15, 0.2) is 24.3 Å². The summed E-state index contributed by atoms with van der Waals surface area (Å²) in [6, 6.07) is 6.78. The molecule has 0 aliphatic heterocycles. The van der Waals surface area contributed by atoms with E-state index in [-0.39, 0.29) is 24.3 Å². The molecule has 1 aromatic carbocycles. The maximum Gasteiger partial charge on any atom is 0.241 e. The molecule has 2 amide bonds. The van der Waals surface area contributed by atoms with Crippen LogP contribution in [0.4, 0.5) is 5.69 Å². The third-order valence-corrected chi connectivity index (χ3v) is 2.43. The Hall–Kier alpha value is -1.88. The van der Waals surface area contributed by atoms with Gasteiger partial charge in [0.15, 0.2) is 0 Å². The molecule has 17 heavy (non-hydrogen) atoms. The van der Waals surface area contributed by atoms with Crippen molar-refractivity contribution in [2.45, 2.75) is 19.4 Å². The molecule has 1 unspecified atom stereocenters. The van der Waals surface area contributed by atoms with E-state index >= 15 is 0 Å². The van der Waals surface area contributed by atoms with Gasteiger partial charge in [0.2, 0.25) is 11.8 Å². The largest absolute Gasteiger partial charge is 0.369 e. The molecule has 1 aromatic rings. The van der Waals surface area contributed by atoms with Crippen LogP contribution >= 0.6 is 0 Å². The maximum atomic E-state index is 11.6. The molecule has 4 N–H and O–H groups in total. The smallest absolute Gasteiger partial charge is 0.241 e. The molecule has 0 saturated heterocycles. The fourth-order valence-corrected chi connectivity index (χ4v) is 1.29. The van der Waals surface area contributed by atoms with Crippen LogP contribution in [0, 0.1) is 0 Å². The highest BCUT2D eigenvalue weighted by molar-refractivity contribution is 5.94. The fourth-order valence-electron chi connectivity index (χ4n) is 1.29. The van der Waals surface area contributed by atoms with Gasteiger partial charge >= 0.3 is 0 Å². The molecule has 1 atom stereocenters. The summed E-state index contributed by atoms with van der Waals surface area (Å²) in [5, 5.41) is 5.60. The van der Waals surface area contributed by atoms with Crippen molar-refractivity contribution in [3.8, 4) is 0 Å². The van der Waals surface area contributed by atoms with Crippen LogP contribution in [0.25, 0.3) is 0 Å². The maximum absolute atomic E-state index is 11.6. The first-order chi connectivity index (χ1) is 8.02. The molecule has 0 fully saturated rings. The molecule has 0 spiro atoms. The lowest BCUT2D eigenvalue weighted by atomic mass is 10.1. The average molecular weight is 235 g/mol. The van der Waals surface area contributed by atoms with Gasteiger partial charge in [-0.05, 0) is 31.7 Å². The van der Waals surface area contributed by atoms with Crippen LogP contribution < -0.4 is 16.4 Å². The number of nitrogens with one attached hydrogen (secondary N) is 2. The average Bonchev–Trinajstić information content (AvgIpc) is 2.30. The van der Waals surface area contributed by atoms with Crippen LogP contribution in [0.1, 0.15) is 12.5 Å². The van der Waals surface area contributed by atoms with E-state index in [1.165, 1.54) is 0 Å². The monoisotopic (exact) mass is 235 g/mol. The number of nitrogens with two attached hydrogens (primary N) is 1. The standard InChI is InChI=1S/C12H17N3O2/c1-8(14-2)12(17)15-10-5-3-9(4-6-10)7-11(13)16/h3-6,8,14H,7H2,1-2H3,(H2,13,16)(H,15,17). The number of amides is 2. The Labute approximate surface area is 100 Å². The van der Waals surface area contributed by atoms with Gasteiger partial charge in [0.25, 0.3) is 0 Å². The van der Waals surface area contributed by atoms with Gasteiger partial charge in [0, 0.05) is 5.69 Å². The summed E-state index contributed by atoms with van der Waals surface area (Å²) >= 11 is 0. The summed E-state index contributed by atoms with van der Waals surface area (Å²) in [5.41, 5.74) is 6.61. The van der Waals surface area contributed by atoms with Crippen molar-refractivity contribution in [3.05, 3.63) is 29.8 Å². The second-order valence-corrected chi connectivity index (χ2v) is 3.84. The molecule has 5 nitrogen and oxygen atoms in total. The predicted molar refractivity (Wildman–Crippen MR) is 66.5 cm³/mol. The molecule has 0 heterocycles. The molecule has 0 radical (unpaired) electrons. The molecular formula is C12H17N3O2. The van der Waals surface area contributed by atoms with Crippen LogP contribution in [0.2, 0.25) is 0 Å². The first-order valence-electron chi connectivity index (χ1n) is 5.38. The van der Waals surface area contributed by atoms with Gasteiger partial charge in [-0.25, -0.2) is 0 Å². The quantitative estimate of drug-likeness (QED) is 0.684. The summed E-state index contributed by atoms with van der Waals surface area (Å²) in [5.74, 6) is -0.472. The van der Waals surface area contributed by atoms with Gasteiger partial charge in [-0.1, -0.05) is 12.1 Å². The van der Waals surface area contributed by atoms with E-state index in [1.807, 2.05) is 0 Å². The number of carbonyl (C=O) groups excluding carboxylic acids is 2. The van der Waals surface area contributed by atoms with Gasteiger partial charge in [0.1, 0.15) is 0 Å². The van der Waals surface area contributed by atoms with E-state index in [2.05, 4.69) is 10.6 Å². The van der Waals surface area contributed by atoms with Crippen molar-refractivity contribution in [1.82, 2.24) is 5.32 Å². The second kappa shape index (κ2) is 6.00. The van der Waals surface area contributed by atoms with Gasteiger partial charge in [-0.15, -0.1) is 0 Å². The molecule has 0 aliphatic carbocycles. The highest BCUT2D eigenvalue weighted by atomic mass is 16.2. The van der Waals surface area contributed by atoms with E-state index in [4.69, 9.17) is 5.73 Å². The van der Waals surface area contributed by atoms with Crippen LogP contribution in [-0.2, 0) is 16.0 Å². The lowest BCUT2D eigenvalue weighted by Crippen LogP contribution is -2.35. The van der Waals surface area contributed by atoms with Gasteiger partial charge in [0.05, 0.1) is 12.5 Å². The summed E-state index contributed by atoms with van der Waals surface area (Å²) in [6.45, 7) is 1.77. The van der Waals surface area contributed by atoms with E-state index < -0.39 is 0 Å². The zero-order valence-electron chi connectivity index (χ0n) is 9.99. The number of hydrogen-bond acceptors (Lipinski definition) is 3. The zero-order chi connectivity index (χ0) is 12.8. The Bertz CT molecular complexity index is 401. The SMILES string of the molecule is CNC(C)C(=O)Nc1ccc(CC(N)=O)cc1. The zero-order valence-corrected chi connectivity index (χ0v) is 9.99.